The zero-order chi connectivity index (χ0) is 23.3. The molecule has 8 nitrogen and oxygen atoms in total. The highest BCUT2D eigenvalue weighted by Gasteiger charge is 2.35. The van der Waals surface area contributed by atoms with Crippen molar-refractivity contribution >= 4 is 29.1 Å². The van der Waals surface area contributed by atoms with Crippen molar-refractivity contribution in [3.05, 3.63) is 53.6 Å². The van der Waals surface area contributed by atoms with Crippen molar-refractivity contribution in [1.29, 1.82) is 0 Å². The van der Waals surface area contributed by atoms with Gasteiger partial charge in [-0.2, -0.15) is 0 Å². The van der Waals surface area contributed by atoms with Gasteiger partial charge in [0.2, 0.25) is 11.8 Å². The molecule has 0 aliphatic carbocycles. The molecular weight excluding hydrogens is 410 g/mol. The Labute approximate surface area is 187 Å². The molecule has 0 unspecified atom stereocenters. The number of amides is 3. The molecule has 2 aromatic rings. The summed E-state index contributed by atoms with van der Waals surface area (Å²) in [5, 5.41) is 14.8. The Balaban J connectivity index is 1.52. The van der Waals surface area contributed by atoms with Crippen LogP contribution in [0, 0.1) is 19.8 Å². The van der Waals surface area contributed by atoms with Gasteiger partial charge in [0.1, 0.15) is 5.75 Å². The lowest BCUT2D eigenvalue weighted by molar-refractivity contribution is -0.126. The Bertz CT molecular complexity index is 988. The van der Waals surface area contributed by atoms with Gasteiger partial charge in [-0.3, -0.25) is 14.4 Å². The summed E-state index contributed by atoms with van der Waals surface area (Å²) in [6.07, 6.45) is -0.509. The predicted octanol–water partition coefficient (Wildman–Crippen LogP) is 2.17. The maximum atomic E-state index is 12.4. The van der Waals surface area contributed by atoms with E-state index in [2.05, 4.69) is 10.6 Å². The first-order valence-electron chi connectivity index (χ1n) is 10.6. The van der Waals surface area contributed by atoms with Crippen LogP contribution in [0.5, 0.6) is 5.75 Å². The Kier molecular flexibility index (Phi) is 7.48. The molecule has 3 N–H and O–H groups in total. The summed E-state index contributed by atoms with van der Waals surface area (Å²) in [6.45, 7) is 5.82. The van der Waals surface area contributed by atoms with Crippen LogP contribution in [0.4, 0.5) is 11.4 Å². The number of aliphatic hydroxyl groups is 1. The van der Waals surface area contributed by atoms with Gasteiger partial charge in [0, 0.05) is 30.9 Å². The maximum absolute atomic E-state index is 12.4. The van der Waals surface area contributed by atoms with Gasteiger partial charge >= 0.3 is 0 Å². The van der Waals surface area contributed by atoms with Crippen molar-refractivity contribution in [2.24, 2.45) is 5.92 Å². The standard InChI is InChI=1S/C24H29N3O5/c1-15-5-4-6-21(17(15)3)26-22(29)14-32-20-9-7-19(8-10-20)27-13-18(11-23(27)30)24(31)25-12-16(2)28/h4-10,16,18,28H,11-14H2,1-3H3,(H,25,31)(H,26,29)/t16-,18-/m0/s1. The molecule has 0 aromatic heterocycles. The molecule has 0 saturated carbocycles. The number of aryl methyl sites for hydroxylation is 1. The van der Waals surface area contributed by atoms with Crippen molar-refractivity contribution in [2.45, 2.75) is 33.3 Å². The number of anilines is 2. The van der Waals surface area contributed by atoms with Crippen LogP contribution in [0.1, 0.15) is 24.5 Å². The molecule has 170 valence electrons. The van der Waals surface area contributed by atoms with E-state index in [1.807, 2.05) is 32.0 Å². The van der Waals surface area contributed by atoms with Crippen molar-refractivity contribution in [3.8, 4) is 5.75 Å². The lowest BCUT2D eigenvalue weighted by atomic mass is 10.1. The lowest BCUT2D eigenvalue weighted by Gasteiger charge is -2.17. The zero-order valence-corrected chi connectivity index (χ0v) is 18.6. The van der Waals surface area contributed by atoms with Gasteiger partial charge in [0.15, 0.2) is 6.61 Å². The molecule has 1 fully saturated rings. The molecule has 3 amide bonds. The second kappa shape index (κ2) is 10.3. The van der Waals surface area contributed by atoms with E-state index >= 15 is 0 Å². The van der Waals surface area contributed by atoms with Crippen molar-refractivity contribution in [2.75, 3.05) is 29.9 Å². The molecule has 1 aliphatic heterocycles. The summed E-state index contributed by atoms with van der Waals surface area (Å²) in [5.41, 5.74) is 3.53. The minimum absolute atomic E-state index is 0.127. The highest BCUT2D eigenvalue weighted by molar-refractivity contribution is 6.00. The Morgan fingerprint density at radius 1 is 1.19 bits per heavy atom. The molecule has 1 saturated heterocycles. The molecular formula is C24H29N3O5. The zero-order valence-electron chi connectivity index (χ0n) is 18.6. The summed E-state index contributed by atoms with van der Waals surface area (Å²) in [6, 6.07) is 12.6. The lowest BCUT2D eigenvalue weighted by Crippen LogP contribution is -2.36. The largest absolute Gasteiger partial charge is 0.484 e. The minimum Gasteiger partial charge on any atom is -0.484 e. The normalized spacial score (nSPS) is 16.6. The first-order valence-corrected chi connectivity index (χ1v) is 10.6. The number of hydrogen-bond acceptors (Lipinski definition) is 5. The number of nitrogens with zero attached hydrogens (tertiary/aromatic N) is 1. The van der Waals surface area contributed by atoms with E-state index < -0.39 is 12.0 Å². The topological polar surface area (TPSA) is 108 Å². The summed E-state index contributed by atoms with van der Waals surface area (Å²) in [7, 11) is 0. The molecule has 0 radical (unpaired) electrons. The van der Waals surface area contributed by atoms with Gasteiger partial charge in [0.05, 0.1) is 12.0 Å². The van der Waals surface area contributed by atoms with Crippen LogP contribution in [0.2, 0.25) is 0 Å². The number of rotatable bonds is 8. The van der Waals surface area contributed by atoms with Crippen molar-refractivity contribution in [3.63, 3.8) is 0 Å². The predicted molar refractivity (Wildman–Crippen MR) is 122 cm³/mol. The molecule has 8 heteroatoms. The van der Waals surface area contributed by atoms with Gasteiger partial charge in [-0.15, -0.1) is 0 Å². The summed E-state index contributed by atoms with van der Waals surface area (Å²) >= 11 is 0. The Hall–Kier alpha value is -3.39. The first-order chi connectivity index (χ1) is 15.2. The number of carbonyl (C=O) groups excluding carboxylic acids is 3. The van der Waals surface area contributed by atoms with Crippen LogP contribution >= 0.6 is 0 Å². The first kappa shape index (κ1) is 23.3. The fourth-order valence-electron chi connectivity index (χ4n) is 3.47. The van der Waals surface area contributed by atoms with Gasteiger partial charge in [-0.1, -0.05) is 12.1 Å². The number of aliphatic hydroxyl groups excluding tert-OH is 1. The molecule has 0 bridgehead atoms. The number of carbonyl (C=O) groups is 3. The SMILES string of the molecule is Cc1cccc(NC(=O)COc2ccc(N3C[C@@H](C(=O)NC[C@H](C)O)CC3=O)cc2)c1C. The van der Waals surface area contributed by atoms with E-state index in [9.17, 15) is 19.5 Å². The van der Waals surface area contributed by atoms with E-state index in [1.165, 1.54) is 0 Å². The number of benzene rings is 2. The quantitative estimate of drug-likeness (QED) is 0.584. The van der Waals surface area contributed by atoms with Crippen molar-refractivity contribution < 1.29 is 24.2 Å². The molecule has 2 aromatic carbocycles. The second-order valence-electron chi connectivity index (χ2n) is 8.08. The van der Waals surface area contributed by atoms with Gasteiger partial charge in [0.25, 0.3) is 5.91 Å². The number of ether oxygens (including phenoxy) is 1. The third kappa shape index (κ3) is 5.85. The monoisotopic (exact) mass is 439 g/mol. The molecule has 3 rings (SSSR count). The average molecular weight is 440 g/mol. The van der Waals surface area contributed by atoms with Crippen LogP contribution in [0.3, 0.4) is 0 Å². The Morgan fingerprint density at radius 3 is 2.59 bits per heavy atom. The highest BCUT2D eigenvalue weighted by atomic mass is 16.5. The molecule has 32 heavy (non-hydrogen) atoms. The van der Waals surface area contributed by atoms with Crippen LogP contribution in [0.15, 0.2) is 42.5 Å². The summed E-state index contributed by atoms with van der Waals surface area (Å²) in [4.78, 5) is 38.3. The smallest absolute Gasteiger partial charge is 0.262 e. The molecule has 0 spiro atoms. The average Bonchev–Trinajstić information content (AvgIpc) is 3.16. The van der Waals surface area contributed by atoms with E-state index in [1.54, 1.807) is 36.1 Å². The highest BCUT2D eigenvalue weighted by Crippen LogP contribution is 2.27. The number of nitrogens with one attached hydrogen (secondary N) is 2. The summed E-state index contributed by atoms with van der Waals surface area (Å²) in [5.74, 6) is -0.586. The Morgan fingerprint density at radius 2 is 1.91 bits per heavy atom. The third-order valence-electron chi connectivity index (χ3n) is 5.46. The number of hydrogen-bond donors (Lipinski definition) is 3. The van der Waals surface area contributed by atoms with Crippen LogP contribution in [-0.2, 0) is 14.4 Å². The van der Waals surface area contributed by atoms with Crippen molar-refractivity contribution in [1.82, 2.24) is 5.32 Å². The maximum Gasteiger partial charge on any atom is 0.262 e. The van der Waals surface area contributed by atoms with E-state index in [0.717, 1.165) is 16.8 Å². The fraction of sp³-hybridized carbons (Fsp3) is 0.375. The van der Waals surface area contributed by atoms with Crippen LogP contribution in [-0.4, -0.2) is 48.6 Å². The molecule has 2 atom stereocenters. The van der Waals surface area contributed by atoms with E-state index in [-0.39, 0.29) is 43.8 Å². The van der Waals surface area contributed by atoms with E-state index in [4.69, 9.17) is 4.74 Å². The second-order valence-corrected chi connectivity index (χ2v) is 8.08. The van der Waals surface area contributed by atoms with Gasteiger partial charge in [-0.25, -0.2) is 0 Å². The van der Waals surface area contributed by atoms with E-state index in [0.29, 0.717) is 11.4 Å². The fourth-order valence-corrected chi connectivity index (χ4v) is 3.47. The third-order valence-corrected chi connectivity index (χ3v) is 5.46. The van der Waals surface area contributed by atoms with Crippen LogP contribution in [0.25, 0.3) is 0 Å². The minimum atomic E-state index is -0.636. The van der Waals surface area contributed by atoms with Crippen LogP contribution < -0.4 is 20.3 Å². The summed E-state index contributed by atoms with van der Waals surface area (Å²) < 4.78 is 5.57. The molecule has 1 aliphatic rings. The van der Waals surface area contributed by atoms with Gasteiger partial charge < -0.3 is 25.4 Å². The van der Waals surface area contributed by atoms with Gasteiger partial charge in [-0.05, 0) is 62.2 Å². The molecule has 1 heterocycles.